The quantitative estimate of drug-likeness (QED) is 0.144. The van der Waals surface area contributed by atoms with Crippen LogP contribution in [0.25, 0.3) is 10.1 Å². The molecule has 260 valence electrons. The molecule has 0 radical (unpaired) electrons. The van der Waals surface area contributed by atoms with Gasteiger partial charge in [0.2, 0.25) is 0 Å². The lowest BCUT2D eigenvalue weighted by molar-refractivity contribution is -0.153. The number of carbonyl (C=O) groups is 1. The van der Waals surface area contributed by atoms with Gasteiger partial charge in [0, 0.05) is 38.0 Å². The highest BCUT2D eigenvalue weighted by Gasteiger charge is 2.32. The average molecular weight is 720 g/mol. The summed E-state index contributed by atoms with van der Waals surface area (Å²) < 4.78 is 119. The second-order valence-electron chi connectivity index (χ2n) is 11.4. The molecule has 2 fully saturated rings. The number of piperidine rings is 1. The number of ether oxygens (including phenoxy) is 3. The number of thiophene rings is 1. The number of rotatable bonds is 10. The fraction of sp³-hybridized carbons (Fsp3) is 0.452. The number of fused-ring (bicyclic) bond motifs is 1. The van der Waals surface area contributed by atoms with Gasteiger partial charge in [0.25, 0.3) is 0 Å². The van der Waals surface area contributed by atoms with Gasteiger partial charge in [0.1, 0.15) is 12.4 Å². The first-order chi connectivity index (χ1) is 22.5. The molecule has 0 spiro atoms. The van der Waals surface area contributed by atoms with Crippen LogP contribution in [0.2, 0.25) is 0 Å². The Morgan fingerprint density at radius 3 is 2.46 bits per heavy atom. The molecule has 48 heavy (non-hydrogen) atoms. The summed E-state index contributed by atoms with van der Waals surface area (Å²) in [6.07, 6.45) is -8.95. The van der Waals surface area contributed by atoms with Crippen LogP contribution in [-0.2, 0) is 25.7 Å². The smallest absolute Gasteiger partial charge is 0.482 e. The number of likely N-dealkylation sites (tertiary alicyclic amines) is 1. The minimum Gasteiger partial charge on any atom is -0.482 e. The molecule has 0 amide bonds. The Bertz CT molecular complexity index is 1810. The Labute approximate surface area is 276 Å². The maximum absolute atomic E-state index is 13.7. The largest absolute Gasteiger partial charge is 0.508 e. The van der Waals surface area contributed by atoms with Gasteiger partial charge in [-0.15, -0.1) is 11.3 Å². The highest BCUT2D eigenvalue weighted by atomic mass is 32.2. The van der Waals surface area contributed by atoms with Crippen molar-refractivity contribution in [1.82, 2.24) is 4.90 Å². The van der Waals surface area contributed by atoms with E-state index in [9.17, 15) is 39.6 Å². The molecule has 2 saturated heterocycles. The van der Waals surface area contributed by atoms with Crippen molar-refractivity contribution in [3.63, 3.8) is 0 Å². The van der Waals surface area contributed by atoms with Crippen LogP contribution in [0.1, 0.15) is 23.3 Å². The highest BCUT2D eigenvalue weighted by molar-refractivity contribution is 7.90. The second-order valence-corrected chi connectivity index (χ2v) is 14.4. The lowest BCUT2D eigenvalue weighted by Gasteiger charge is -2.33. The number of hydrogen-bond donors (Lipinski definition) is 2. The fourth-order valence-corrected chi connectivity index (χ4v) is 7.21. The van der Waals surface area contributed by atoms with Gasteiger partial charge >= 0.3 is 18.5 Å². The lowest BCUT2D eigenvalue weighted by Crippen LogP contribution is -2.43. The van der Waals surface area contributed by atoms with Crippen LogP contribution in [0, 0.1) is 11.8 Å². The first kappa shape index (κ1) is 35.4. The van der Waals surface area contributed by atoms with Crippen LogP contribution in [0.15, 0.2) is 41.3 Å². The maximum atomic E-state index is 13.7. The van der Waals surface area contributed by atoms with E-state index in [0.29, 0.717) is 22.3 Å². The Morgan fingerprint density at radius 1 is 1.06 bits per heavy atom. The molecule has 0 bridgehead atoms. The number of halogens is 6. The van der Waals surface area contributed by atoms with Gasteiger partial charge < -0.3 is 24.8 Å². The van der Waals surface area contributed by atoms with Crippen LogP contribution in [0.5, 0.6) is 5.75 Å². The minimum absolute atomic E-state index is 0.0218. The molecule has 1 atom stereocenters. The van der Waals surface area contributed by atoms with Crippen molar-refractivity contribution in [2.45, 2.75) is 48.7 Å². The summed E-state index contributed by atoms with van der Waals surface area (Å²) in [5, 5.41) is 6.66. The summed E-state index contributed by atoms with van der Waals surface area (Å²) in [6, 6.07) is 8.55. The zero-order chi connectivity index (χ0) is 34.7. The van der Waals surface area contributed by atoms with Gasteiger partial charge in [-0.3, -0.25) is 4.90 Å². The molecule has 1 unspecified atom stereocenters. The summed E-state index contributed by atoms with van der Waals surface area (Å²) in [6.45, 7) is 0.394. The third-order valence-electron chi connectivity index (χ3n) is 7.60. The van der Waals surface area contributed by atoms with Crippen molar-refractivity contribution >= 4 is 48.8 Å². The summed E-state index contributed by atoms with van der Waals surface area (Å²) in [7, 11) is -3.75. The van der Waals surface area contributed by atoms with Gasteiger partial charge in [-0.2, -0.15) is 26.3 Å². The average Bonchev–Trinajstić information content (AvgIpc) is 3.56. The van der Waals surface area contributed by atoms with Crippen LogP contribution in [-0.4, -0.2) is 89.6 Å². The lowest BCUT2D eigenvalue weighted by atomic mass is 10.0. The summed E-state index contributed by atoms with van der Waals surface area (Å²) in [5.41, 5.74) is 0.734. The molecule has 0 saturated carbocycles. The SMILES string of the molecule is CS(=O)(=O)c1ccc(NCC#Cc2sc3c(NC4CCN(CC5COC(=O)O5)CC4)cccc3c2CC(F)(F)F)c(OCC(F)(F)F)c1. The molecule has 5 rings (SSSR count). The number of sulfone groups is 1. The third kappa shape index (κ3) is 9.60. The van der Waals surface area contributed by atoms with E-state index in [1.807, 2.05) is 0 Å². The molecule has 2 aliphatic rings. The van der Waals surface area contributed by atoms with Crippen molar-refractivity contribution in [3.8, 4) is 17.6 Å². The third-order valence-corrected chi connectivity index (χ3v) is 9.90. The number of alkyl halides is 6. The molecule has 2 aliphatic heterocycles. The maximum Gasteiger partial charge on any atom is 0.508 e. The van der Waals surface area contributed by atoms with E-state index in [-0.39, 0.29) is 52.1 Å². The Balaban J connectivity index is 1.31. The molecule has 17 heteroatoms. The standard InChI is InChI=1S/C31H31F6N3O6S2/c1-48(42,43)21-7-8-24(26(14-21)45-18-31(35,36)37)38-11-3-6-27-23(15-30(32,33)34)22-4-2-5-25(28(22)47-27)39-19-9-12-40(13-10-19)16-20-17-44-29(41)46-20/h2,4-5,7-8,14,19-20,38-39H,9-13,15-18H2,1H3. The molecule has 3 heterocycles. The molecular formula is C31H31F6N3O6S2. The fourth-order valence-electron chi connectivity index (χ4n) is 5.41. The van der Waals surface area contributed by atoms with E-state index in [2.05, 4.69) is 27.4 Å². The predicted octanol–water partition coefficient (Wildman–Crippen LogP) is 6.23. The van der Waals surface area contributed by atoms with Crippen LogP contribution in [0.3, 0.4) is 0 Å². The Morgan fingerprint density at radius 2 is 1.81 bits per heavy atom. The molecule has 0 aliphatic carbocycles. The monoisotopic (exact) mass is 719 g/mol. The van der Waals surface area contributed by atoms with E-state index in [0.717, 1.165) is 49.6 Å². The van der Waals surface area contributed by atoms with Crippen LogP contribution >= 0.6 is 11.3 Å². The van der Waals surface area contributed by atoms with Crippen molar-refractivity contribution in [2.75, 3.05) is 56.3 Å². The normalized spacial score (nSPS) is 17.8. The van der Waals surface area contributed by atoms with E-state index in [1.54, 1.807) is 18.2 Å². The summed E-state index contributed by atoms with van der Waals surface area (Å²) in [5.74, 6) is 5.16. The van der Waals surface area contributed by atoms with Crippen LogP contribution in [0.4, 0.5) is 42.5 Å². The first-order valence-corrected chi connectivity index (χ1v) is 17.4. The highest BCUT2D eigenvalue weighted by Crippen LogP contribution is 2.39. The molecule has 1 aromatic heterocycles. The van der Waals surface area contributed by atoms with Crippen molar-refractivity contribution in [3.05, 3.63) is 46.8 Å². The number of nitrogens with zero attached hydrogens (tertiary/aromatic N) is 1. The zero-order valence-corrected chi connectivity index (χ0v) is 27.1. The van der Waals surface area contributed by atoms with E-state index >= 15 is 0 Å². The number of carbonyl (C=O) groups excluding carboxylic acids is 1. The van der Waals surface area contributed by atoms with Gasteiger partial charge in [-0.1, -0.05) is 24.0 Å². The zero-order valence-electron chi connectivity index (χ0n) is 25.5. The molecule has 9 nitrogen and oxygen atoms in total. The van der Waals surface area contributed by atoms with Gasteiger partial charge in [0.15, 0.2) is 22.5 Å². The van der Waals surface area contributed by atoms with E-state index in [1.165, 1.54) is 12.1 Å². The van der Waals surface area contributed by atoms with Gasteiger partial charge in [-0.05, 0) is 42.0 Å². The molecule has 3 aromatic rings. The Hall–Kier alpha value is -3.88. The topological polar surface area (TPSA) is 106 Å². The number of nitrogens with one attached hydrogen (secondary N) is 2. The first-order valence-electron chi connectivity index (χ1n) is 14.7. The Kier molecular flexibility index (Phi) is 10.6. The molecule has 2 aromatic carbocycles. The number of hydrogen-bond acceptors (Lipinski definition) is 10. The van der Waals surface area contributed by atoms with Crippen molar-refractivity contribution in [2.24, 2.45) is 0 Å². The molecular weight excluding hydrogens is 688 g/mol. The van der Waals surface area contributed by atoms with Gasteiger partial charge in [0.05, 0.1) is 38.8 Å². The molecule has 2 N–H and O–H groups in total. The van der Waals surface area contributed by atoms with Crippen LogP contribution < -0.4 is 15.4 Å². The second kappa shape index (κ2) is 14.3. The number of anilines is 2. The van der Waals surface area contributed by atoms with E-state index in [4.69, 9.17) is 14.2 Å². The predicted molar refractivity (Wildman–Crippen MR) is 167 cm³/mol. The number of cyclic esters (lactones) is 2. The summed E-state index contributed by atoms with van der Waals surface area (Å²) in [4.78, 5) is 13.3. The van der Waals surface area contributed by atoms with E-state index < -0.39 is 41.4 Å². The van der Waals surface area contributed by atoms with Gasteiger partial charge in [-0.25, -0.2) is 13.2 Å². The van der Waals surface area contributed by atoms with Crippen molar-refractivity contribution < 1.29 is 53.8 Å². The summed E-state index contributed by atoms with van der Waals surface area (Å²) >= 11 is 1.11. The minimum atomic E-state index is -4.68. The van der Waals surface area contributed by atoms with Crippen molar-refractivity contribution in [1.29, 1.82) is 0 Å². The number of benzene rings is 2.